The molecule has 0 N–H and O–H groups in total. The standard InChI is InChI=1S/C24H24Cl2FN3O2/c25-20-6-4-5-18(23(20)26)14-29(13-17-7-9-19(27)10-8-17)15-22-28-21(16-32-22)24(31)30-11-2-1-3-12-30/h4-10,16H,1-3,11-15H2. The van der Waals surface area contributed by atoms with Crippen LogP contribution in [0.2, 0.25) is 10.0 Å². The predicted molar refractivity (Wildman–Crippen MR) is 122 cm³/mol. The molecule has 1 aromatic heterocycles. The molecule has 1 amide bonds. The molecule has 1 aliphatic rings. The van der Waals surface area contributed by atoms with Crippen LogP contribution in [0.1, 0.15) is 46.8 Å². The van der Waals surface area contributed by atoms with Crippen LogP contribution in [0.3, 0.4) is 0 Å². The van der Waals surface area contributed by atoms with Crippen LogP contribution < -0.4 is 0 Å². The van der Waals surface area contributed by atoms with Gasteiger partial charge in [0.25, 0.3) is 5.91 Å². The highest BCUT2D eigenvalue weighted by molar-refractivity contribution is 6.42. The van der Waals surface area contributed by atoms with Crippen LogP contribution in [0.15, 0.2) is 53.1 Å². The Morgan fingerprint density at radius 2 is 1.78 bits per heavy atom. The fourth-order valence-corrected chi connectivity index (χ4v) is 4.24. The summed E-state index contributed by atoms with van der Waals surface area (Å²) in [5, 5.41) is 0.975. The van der Waals surface area contributed by atoms with E-state index < -0.39 is 0 Å². The molecule has 3 aromatic rings. The minimum atomic E-state index is -0.285. The molecular weight excluding hydrogens is 452 g/mol. The van der Waals surface area contributed by atoms with Crippen LogP contribution >= 0.6 is 23.2 Å². The molecule has 2 aromatic carbocycles. The third-order valence-electron chi connectivity index (χ3n) is 5.52. The van der Waals surface area contributed by atoms with E-state index in [9.17, 15) is 9.18 Å². The summed E-state index contributed by atoms with van der Waals surface area (Å²) in [4.78, 5) is 21.0. The summed E-state index contributed by atoms with van der Waals surface area (Å²) in [6.07, 6.45) is 4.61. The van der Waals surface area contributed by atoms with E-state index in [1.165, 1.54) is 18.4 Å². The predicted octanol–water partition coefficient (Wildman–Crippen LogP) is 5.95. The van der Waals surface area contributed by atoms with E-state index in [1.54, 1.807) is 18.2 Å². The van der Waals surface area contributed by atoms with Crippen molar-refractivity contribution in [2.24, 2.45) is 0 Å². The summed E-state index contributed by atoms with van der Waals surface area (Å²) in [5.41, 5.74) is 2.11. The molecule has 0 spiro atoms. The molecule has 2 heterocycles. The fourth-order valence-electron chi connectivity index (χ4n) is 3.86. The minimum absolute atomic E-state index is 0.0947. The van der Waals surface area contributed by atoms with Crippen LogP contribution in [-0.2, 0) is 19.6 Å². The van der Waals surface area contributed by atoms with Gasteiger partial charge in [0.2, 0.25) is 5.89 Å². The molecule has 4 rings (SSSR count). The number of amides is 1. The van der Waals surface area contributed by atoms with Crippen molar-refractivity contribution < 1.29 is 13.6 Å². The molecule has 1 saturated heterocycles. The normalized spacial score (nSPS) is 14.2. The first-order chi connectivity index (χ1) is 15.5. The van der Waals surface area contributed by atoms with E-state index in [0.29, 0.717) is 41.3 Å². The lowest BCUT2D eigenvalue weighted by molar-refractivity contribution is 0.0718. The Kier molecular flexibility index (Phi) is 7.45. The lowest BCUT2D eigenvalue weighted by Gasteiger charge is -2.25. The van der Waals surface area contributed by atoms with Crippen molar-refractivity contribution in [1.29, 1.82) is 0 Å². The Bertz CT molecular complexity index is 1070. The molecule has 32 heavy (non-hydrogen) atoms. The van der Waals surface area contributed by atoms with Gasteiger partial charge in [-0.2, -0.15) is 0 Å². The minimum Gasteiger partial charge on any atom is -0.447 e. The second-order valence-electron chi connectivity index (χ2n) is 7.96. The van der Waals surface area contributed by atoms with E-state index in [4.69, 9.17) is 27.6 Å². The maximum Gasteiger partial charge on any atom is 0.275 e. The van der Waals surface area contributed by atoms with Crippen molar-refractivity contribution in [2.75, 3.05) is 13.1 Å². The van der Waals surface area contributed by atoms with Gasteiger partial charge in [-0.3, -0.25) is 9.69 Å². The summed E-state index contributed by atoms with van der Waals surface area (Å²) in [6.45, 7) is 2.86. The van der Waals surface area contributed by atoms with E-state index >= 15 is 0 Å². The van der Waals surface area contributed by atoms with Crippen LogP contribution in [0.4, 0.5) is 4.39 Å². The Labute approximate surface area is 196 Å². The Hall–Kier alpha value is -2.41. The summed E-state index contributed by atoms with van der Waals surface area (Å²) >= 11 is 12.6. The first-order valence-electron chi connectivity index (χ1n) is 10.6. The SMILES string of the molecule is O=C(c1coc(CN(Cc2ccc(F)cc2)Cc2cccc(Cl)c2Cl)n1)N1CCCCC1. The van der Waals surface area contributed by atoms with Crippen molar-refractivity contribution in [3.63, 3.8) is 0 Å². The maximum absolute atomic E-state index is 13.3. The van der Waals surface area contributed by atoms with Gasteiger partial charge in [0.05, 0.1) is 16.6 Å². The molecule has 1 fully saturated rings. The number of oxazole rings is 1. The number of aromatic nitrogens is 1. The monoisotopic (exact) mass is 475 g/mol. The third-order valence-corrected chi connectivity index (χ3v) is 6.38. The number of carbonyl (C=O) groups excluding carboxylic acids is 1. The molecule has 0 bridgehead atoms. The van der Waals surface area contributed by atoms with Gasteiger partial charge in [0, 0.05) is 26.2 Å². The average molecular weight is 476 g/mol. The fraction of sp³-hybridized carbons (Fsp3) is 0.333. The first kappa shape index (κ1) is 22.8. The number of rotatable bonds is 7. The van der Waals surface area contributed by atoms with Crippen LogP contribution in [0.5, 0.6) is 0 Å². The van der Waals surface area contributed by atoms with Gasteiger partial charge in [-0.1, -0.05) is 47.5 Å². The van der Waals surface area contributed by atoms with E-state index in [2.05, 4.69) is 9.88 Å². The number of hydrogen-bond donors (Lipinski definition) is 0. The highest BCUT2D eigenvalue weighted by atomic mass is 35.5. The highest BCUT2D eigenvalue weighted by Crippen LogP contribution is 2.27. The van der Waals surface area contributed by atoms with Crippen molar-refractivity contribution in [3.8, 4) is 0 Å². The number of piperidine rings is 1. The molecule has 8 heteroatoms. The molecule has 0 aliphatic carbocycles. The number of carbonyl (C=O) groups is 1. The number of halogens is 3. The topological polar surface area (TPSA) is 49.6 Å². The molecule has 0 unspecified atom stereocenters. The Balaban J connectivity index is 1.52. The van der Waals surface area contributed by atoms with E-state index in [0.717, 1.165) is 43.5 Å². The second kappa shape index (κ2) is 10.5. The lowest BCUT2D eigenvalue weighted by atomic mass is 10.1. The van der Waals surface area contributed by atoms with Gasteiger partial charge in [-0.15, -0.1) is 0 Å². The molecule has 5 nitrogen and oxygen atoms in total. The Morgan fingerprint density at radius 1 is 1.03 bits per heavy atom. The molecule has 0 saturated carbocycles. The van der Waals surface area contributed by atoms with Gasteiger partial charge in [0.1, 0.15) is 12.1 Å². The molecule has 1 aliphatic heterocycles. The van der Waals surface area contributed by atoms with E-state index in [-0.39, 0.29) is 11.7 Å². The summed E-state index contributed by atoms with van der Waals surface area (Å²) in [7, 11) is 0. The van der Waals surface area contributed by atoms with Gasteiger partial charge < -0.3 is 9.32 Å². The zero-order chi connectivity index (χ0) is 22.5. The number of likely N-dealkylation sites (tertiary alicyclic amines) is 1. The van der Waals surface area contributed by atoms with E-state index in [1.807, 2.05) is 17.0 Å². The zero-order valence-corrected chi connectivity index (χ0v) is 19.1. The smallest absolute Gasteiger partial charge is 0.275 e. The molecular formula is C24H24Cl2FN3O2. The van der Waals surface area contributed by atoms with Crippen LogP contribution in [-0.4, -0.2) is 33.8 Å². The largest absolute Gasteiger partial charge is 0.447 e. The van der Waals surface area contributed by atoms with Gasteiger partial charge in [-0.25, -0.2) is 9.37 Å². The van der Waals surface area contributed by atoms with Crippen molar-refractivity contribution in [2.45, 2.75) is 38.9 Å². The highest BCUT2D eigenvalue weighted by Gasteiger charge is 2.22. The van der Waals surface area contributed by atoms with Gasteiger partial charge in [-0.05, 0) is 48.6 Å². The number of hydrogen-bond acceptors (Lipinski definition) is 4. The molecule has 168 valence electrons. The summed E-state index contributed by atoms with van der Waals surface area (Å²) in [6, 6.07) is 11.8. The third kappa shape index (κ3) is 5.68. The Morgan fingerprint density at radius 3 is 2.53 bits per heavy atom. The van der Waals surface area contributed by atoms with Crippen molar-refractivity contribution in [1.82, 2.24) is 14.8 Å². The first-order valence-corrected chi connectivity index (χ1v) is 11.4. The second-order valence-corrected chi connectivity index (χ2v) is 8.75. The van der Waals surface area contributed by atoms with Crippen molar-refractivity contribution >= 4 is 29.1 Å². The number of nitrogens with zero attached hydrogens (tertiary/aromatic N) is 3. The molecule has 0 radical (unpaired) electrons. The van der Waals surface area contributed by atoms with Crippen LogP contribution in [0.25, 0.3) is 0 Å². The van der Waals surface area contributed by atoms with Gasteiger partial charge >= 0.3 is 0 Å². The summed E-state index contributed by atoms with van der Waals surface area (Å²) < 4.78 is 19.0. The lowest BCUT2D eigenvalue weighted by Crippen LogP contribution is -2.35. The van der Waals surface area contributed by atoms with Crippen LogP contribution in [0, 0.1) is 5.82 Å². The van der Waals surface area contributed by atoms with Crippen molar-refractivity contribution in [3.05, 3.63) is 87.3 Å². The zero-order valence-electron chi connectivity index (χ0n) is 17.6. The maximum atomic E-state index is 13.3. The van der Waals surface area contributed by atoms with Gasteiger partial charge in [0.15, 0.2) is 5.69 Å². The molecule has 0 atom stereocenters. The quantitative estimate of drug-likeness (QED) is 0.423. The average Bonchev–Trinajstić information content (AvgIpc) is 3.27. The number of benzene rings is 2. The summed E-state index contributed by atoms with van der Waals surface area (Å²) in [5.74, 6) is 0.0556.